The topological polar surface area (TPSA) is 95.5 Å². The van der Waals surface area contributed by atoms with Gasteiger partial charge in [-0.05, 0) is 31.0 Å². The van der Waals surface area contributed by atoms with Crippen LogP contribution in [0.25, 0.3) is 0 Å². The molecule has 0 bridgehead atoms. The summed E-state index contributed by atoms with van der Waals surface area (Å²) >= 11 is 6.00. The molecule has 1 aliphatic rings. The summed E-state index contributed by atoms with van der Waals surface area (Å²) in [5.74, 6) is -5.53. The SMILES string of the molecule is O=C(Nc1cc(F)c(F)c(F)c1)c1ccc(Cl)c(S(=O)(=O)NC2CCCCC2O)c1. The van der Waals surface area contributed by atoms with Gasteiger partial charge in [0.2, 0.25) is 10.0 Å². The Kier molecular flexibility index (Phi) is 6.71. The van der Waals surface area contributed by atoms with E-state index in [4.69, 9.17) is 11.6 Å². The third-order valence-corrected chi connectivity index (χ3v) is 6.73. The number of rotatable bonds is 5. The van der Waals surface area contributed by atoms with Gasteiger partial charge in [0, 0.05) is 29.4 Å². The zero-order chi connectivity index (χ0) is 22.1. The first-order chi connectivity index (χ1) is 14.1. The summed E-state index contributed by atoms with van der Waals surface area (Å²) < 4.78 is 67.6. The average molecular weight is 463 g/mol. The Morgan fingerprint density at radius 2 is 1.70 bits per heavy atom. The van der Waals surface area contributed by atoms with Crippen LogP contribution in [0.3, 0.4) is 0 Å². The Hall–Kier alpha value is -2.14. The van der Waals surface area contributed by atoms with Crippen molar-refractivity contribution in [3.63, 3.8) is 0 Å². The van der Waals surface area contributed by atoms with E-state index in [0.29, 0.717) is 25.0 Å². The van der Waals surface area contributed by atoms with E-state index in [-0.39, 0.29) is 21.2 Å². The van der Waals surface area contributed by atoms with E-state index in [9.17, 15) is 31.5 Å². The number of aliphatic hydroxyl groups is 1. The summed E-state index contributed by atoms with van der Waals surface area (Å²) in [6.07, 6.45) is 1.64. The Labute approximate surface area is 176 Å². The van der Waals surface area contributed by atoms with Crippen molar-refractivity contribution in [3.8, 4) is 0 Å². The van der Waals surface area contributed by atoms with Crippen molar-refractivity contribution >= 4 is 33.2 Å². The molecule has 2 aromatic carbocycles. The molecule has 1 aliphatic carbocycles. The molecule has 2 aromatic rings. The van der Waals surface area contributed by atoms with Gasteiger partial charge in [-0.25, -0.2) is 26.3 Å². The fourth-order valence-corrected chi connectivity index (χ4v) is 5.02. The first-order valence-electron chi connectivity index (χ1n) is 9.04. The maximum Gasteiger partial charge on any atom is 0.255 e. The highest BCUT2D eigenvalue weighted by atomic mass is 35.5. The summed E-state index contributed by atoms with van der Waals surface area (Å²) in [6.45, 7) is 0. The number of halogens is 4. The Morgan fingerprint density at radius 3 is 2.33 bits per heavy atom. The van der Waals surface area contributed by atoms with Crippen LogP contribution >= 0.6 is 11.6 Å². The molecule has 0 saturated heterocycles. The van der Waals surface area contributed by atoms with Crippen LogP contribution in [0.4, 0.5) is 18.9 Å². The molecule has 6 nitrogen and oxygen atoms in total. The highest BCUT2D eigenvalue weighted by molar-refractivity contribution is 7.89. The predicted octanol–water partition coefficient (Wildman–Crippen LogP) is 3.59. The molecule has 30 heavy (non-hydrogen) atoms. The van der Waals surface area contributed by atoms with Gasteiger partial charge in [-0.15, -0.1) is 0 Å². The van der Waals surface area contributed by atoms with Crippen molar-refractivity contribution in [1.29, 1.82) is 0 Å². The van der Waals surface area contributed by atoms with E-state index in [1.165, 1.54) is 12.1 Å². The largest absolute Gasteiger partial charge is 0.391 e. The fraction of sp³-hybridized carbons (Fsp3) is 0.316. The number of sulfonamides is 1. The van der Waals surface area contributed by atoms with Gasteiger partial charge in [0.1, 0.15) is 4.90 Å². The molecule has 162 valence electrons. The van der Waals surface area contributed by atoms with E-state index in [2.05, 4.69) is 10.0 Å². The van der Waals surface area contributed by atoms with Crippen LogP contribution in [0, 0.1) is 17.5 Å². The molecule has 1 saturated carbocycles. The molecular weight excluding hydrogens is 445 g/mol. The van der Waals surface area contributed by atoms with Crippen molar-refractivity contribution < 1.29 is 31.5 Å². The standard InChI is InChI=1S/C19H18ClF3N2O4S/c20-12-6-5-10(19(27)24-11-8-13(21)18(23)14(22)9-11)7-17(12)30(28,29)25-15-3-1-2-4-16(15)26/h5-9,15-16,25-26H,1-4H2,(H,24,27). The van der Waals surface area contributed by atoms with Crippen molar-refractivity contribution in [1.82, 2.24) is 4.72 Å². The summed E-state index contributed by atoms with van der Waals surface area (Å²) in [5, 5.41) is 12.0. The number of aliphatic hydroxyl groups excluding tert-OH is 1. The molecule has 1 fully saturated rings. The van der Waals surface area contributed by atoms with Gasteiger partial charge in [0.25, 0.3) is 5.91 Å². The smallest absolute Gasteiger partial charge is 0.255 e. The zero-order valence-electron chi connectivity index (χ0n) is 15.5. The number of hydrogen-bond acceptors (Lipinski definition) is 4. The molecule has 2 unspecified atom stereocenters. The lowest BCUT2D eigenvalue weighted by molar-refractivity contribution is 0.101. The quantitative estimate of drug-likeness (QED) is 0.592. The molecule has 0 aromatic heterocycles. The Bertz CT molecular complexity index is 1060. The molecule has 3 N–H and O–H groups in total. The third-order valence-electron chi connectivity index (χ3n) is 4.76. The van der Waals surface area contributed by atoms with Crippen LogP contribution in [-0.2, 0) is 10.0 Å². The van der Waals surface area contributed by atoms with Crippen LogP contribution < -0.4 is 10.0 Å². The van der Waals surface area contributed by atoms with Crippen molar-refractivity contribution in [3.05, 3.63) is 58.4 Å². The molecule has 1 amide bonds. The summed E-state index contributed by atoms with van der Waals surface area (Å²) in [6, 6.07) is 3.93. The molecule has 3 rings (SSSR count). The van der Waals surface area contributed by atoms with E-state index < -0.39 is 45.5 Å². The summed E-state index contributed by atoms with van der Waals surface area (Å²) in [7, 11) is -4.16. The minimum absolute atomic E-state index is 0.150. The number of anilines is 1. The van der Waals surface area contributed by atoms with Gasteiger partial charge >= 0.3 is 0 Å². The third kappa shape index (κ3) is 4.94. The number of nitrogens with one attached hydrogen (secondary N) is 2. The van der Waals surface area contributed by atoms with Gasteiger partial charge < -0.3 is 10.4 Å². The number of amides is 1. The Morgan fingerprint density at radius 1 is 1.07 bits per heavy atom. The maximum absolute atomic E-state index is 13.3. The average Bonchev–Trinajstić information content (AvgIpc) is 2.68. The summed E-state index contributed by atoms with van der Waals surface area (Å²) in [5.41, 5.74) is -0.506. The lowest BCUT2D eigenvalue weighted by Gasteiger charge is -2.28. The first-order valence-corrected chi connectivity index (χ1v) is 10.9. The summed E-state index contributed by atoms with van der Waals surface area (Å²) in [4.78, 5) is 12.0. The number of benzene rings is 2. The molecule has 2 atom stereocenters. The van der Waals surface area contributed by atoms with Gasteiger partial charge in [-0.1, -0.05) is 24.4 Å². The first kappa shape index (κ1) is 22.5. The lowest BCUT2D eigenvalue weighted by Crippen LogP contribution is -2.45. The van der Waals surface area contributed by atoms with E-state index in [0.717, 1.165) is 18.9 Å². The van der Waals surface area contributed by atoms with Crippen LogP contribution in [0.15, 0.2) is 35.2 Å². The van der Waals surface area contributed by atoms with Crippen molar-refractivity contribution in [2.45, 2.75) is 42.7 Å². The van der Waals surface area contributed by atoms with Crippen molar-refractivity contribution in [2.75, 3.05) is 5.32 Å². The van der Waals surface area contributed by atoms with Gasteiger partial charge in [0.05, 0.1) is 11.1 Å². The van der Waals surface area contributed by atoms with Crippen molar-refractivity contribution in [2.24, 2.45) is 0 Å². The predicted molar refractivity (Wildman–Crippen MR) is 104 cm³/mol. The fourth-order valence-electron chi connectivity index (χ4n) is 3.19. The highest BCUT2D eigenvalue weighted by Gasteiger charge is 2.29. The second kappa shape index (κ2) is 8.93. The zero-order valence-corrected chi connectivity index (χ0v) is 17.0. The van der Waals surface area contributed by atoms with Gasteiger partial charge in [-0.3, -0.25) is 4.79 Å². The van der Waals surface area contributed by atoms with Gasteiger partial charge in [0.15, 0.2) is 17.5 Å². The molecule has 0 radical (unpaired) electrons. The maximum atomic E-state index is 13.3. The van der Waals surface area contributed by atoms with E-state index in [1.54, 1.807) is 0 Å². The van der Waals surface area contributed by atoms with Crippen LogP contribution in [0.5, 0.6) is 0 Å². The normalized spacial score (nSPS) is 19.5. The molecule has 11 heteroatoms. The number of carbonyl (C=O) groups is 1. The minimum atomic E-state index is -4.16. The van der Waals surface area contributed by atoms with Crippen LogP contribution in [0.1, 0.15) is 36.0 Å². The van der Waals surface area contributed by atoms with Gasteiger partial charge in [-0.2, -0.15) is 0 Å². The highest BCUT2D eigenvalue weighted by Crippen LogP contribution is 2.26. The Balaban J connectivity index is 1.84. The second-order valence-corrected chi connectivity index (χ2v) is 9.02. The van der Waals surface area contributed by atoms with E-state index >= 15 is 0 Å². The molecule has 0 heterocycles. The minimum Gasteiger partial charge on any atom is -0.391 e. The molecule has 0 spiro atoms. The lowest BCUT2D eigenvalue weighted by atomic mass is 9.93. The second-order valence-electron chi connectivity index (χ2n) is 6.93. The van der Waals surface area contributed by atoms with Crippen LogP contribution in [0.2, 0.25) is 5.02 Å². The molecular formula is C19H18ClF3N2O4S. The van der Waals surface area contributed by atoms with Crippen LogP contribution in [-0.4, -0.2) is 31.6 Å². The number of hydrogen-bond donors (Lipinski definition) is 3. The monoisotopic (exact) mass is 462 g/mol. The number of carbonyl (C=O) groups excluding carboxylic acids is 1. The molecule has 0 aliphatic heterocycles. The van der Waals surface area contributed by atoms with E-state index in [1.807, 2.05) is 0 Å².